The van der Waals surface area contributed by atoms with Crippen LogP contribution < -0.4 is 120 Å². The van der Waals surface area contributed by atoms with E-state index >= 15 is 0 Å². The van der Waals surface area contributed by atoms with E-state index in [1.165, 1.54) is 39.5 Å². The molecule has 0 aliphatic rings. The first-order valence-corrected chi connectivity index (χ1v) is 41.5. The first-order valence-electron chi connectivity index (χ1n) is 40.1. The van der Waals surface area contributed by atoms with Crippen molar-refractivity contribution in [2.75, 3.05) is 38.2 Å². The molecular formula is C73H127N23O26S. The van der Waals surface area contributed by atoms with Gasteiger partial charge in [-0.05, 0) is 174 Å². The van der Waals surface area contributed by atoms with Crippen LogP contribution in [0.1, 0.15) is 189 Å². The molecule has 0 aliphatic heterocycles. The molecule has 15 atom stereocenters. The standard InChI is InChI=1S/C73H127N23O26S/c1-36(2)57(96-60(109)39(5)85-62(111)41(14-7-10-31-74)87-61(110)40(77)18-24-51(78)97)71(120)94-48(23-29-56(105)106)69(118)92-47(22-28-55(103)104)68(117)93-49(30-35-123-6)70(119)88-43(16-9-12-33-76)66(115)89-44(17-13-34-82-73(80)81)63(112)83-37(3)58(107)86-42(15-8-11-32-75)65(114)91-46(21-27-54(101)102)67(116)90-45(20-26-53(99)100)64(113)84-38(4)59(108)95-50(72(121)122)19-25-52(79)98/h36-50,57H,7-35,74-77H2,1-6H3,(H2,78,97)(H2,79,98)(H,83,112)(H,84,113)(H,85,111)(H,86,107)(H,87,110)(H,88,119)(H,89,115)(H,90,116)(H,91,114)(H,92,118)(H,93,117)(H,94,120)(H,95,108)(H,96,109)(H,99,100)(H,101,102)(H,103,104)(H,105,106)(H,121,122)(H4,80,81,82)/t37-,38-,39-,40-,41-,42-,43-,44-,45-,46-,47-,48-,49-,50-,57-/m0/s1. The molecule has 0 aromatic heterocycles. The summed E-state index contributed by atoms with van der Waals surface area (Å²) >= 11 is 1.20. The van der Waals surface area contributed by atoms with Gasteiger partial charge in [-0.25, -0.2) is 4.79 Å². The predicted molar refractivity (Wildman–Crippen MR) is 440 cm³/mol. The van der Waals surface area contributed by atoms with Crippen molar-refractivity contribution in [2.24, 2.45) is 46.1 Å². The fourth-order valence-electron chi connectivity index (χ4n) is 11.4. The average molecular weight is 1780 g/mol. The lowest BCUT2D eigenvalue weighted by atomic mass is 10.0. The highest BCUT2D eigenvalue weighted by molar-refractivity contribution is 7.98. The normalized spacial score (nSPS) is 14.7. The Morgan fingerprint density at radius 2 is 0.553 bits per heavy atom. The van der Waals surface area contributed by atoms with Gasteiger partial charge in [-0.1, -0.05) is 13.8 Å². The van der Waals surface area contributed by atoms with E-state index in [0.717, 1.165) is 6.92 Å². The van der Waals surface area contributed by atoms with E-state index in [1.807, 2.05) is 0 Å². The van der Waals surface area contributed by atoms with Crippen LogP contribution in [-0.2, 0) is 101 Å². The number of nitrogens with two attached hydrogens (primary N) is 7. The number of rotatable bonds is 67. The molecule has 0 aliphatic carbocycles. The molecule has 49 nitrogen and oxygen atoms in total. The van der Waals surface area contributed by atoms with E-state index in [-0.39, 0.29) is 109 Å². The Morgan fingerprint density at radius 3 is 0.837 bits per heavy atom. The maximum atomic E-state index is 14.6. The van der Waals surface area contributed by atoms with Gasteiger partial charge < -0.3 is 145 Å². The molecule has 0 heterocycles. The molecule has 0 rings (SSSR count). The van der Waals surface area contributed by atoms with Crippen molar-refractivity contribution >= 4 is 142 Å². The Morgan fingerprint density at radius 1 is 0.301 bits per heavy atom. The maximum absolute atomic E-state index is 14.6. The number of unbranched alkanes of at least 4 members (excludes halogenated alkanes) is 3. The number of carboxylic acid groups (broad SMARTS) is 5. The molecule has 0 bridgehead atoms. The fourth-order valence-corrected chi connectivity index (χ4v) is 11.9. The van der Waals surface area contributed by atoms with Gasteiger partial charge in [0.2, 0.25) is 94.5 Å². The van der Waals surface area contributed by atoms with Gasteiger partial charge >= 0.3 is 29.8 Å². The zero-order valence-corrected chi connectivity index (χ0v) is 70.8. The van der Waals surface area contributed by atoms with Crippen LogP contribution in [0.15, 0.2) is 0 Å². The summed E-state index contributed by atoms with van der Waals surface area (Å²) in [7, 11) is 0. The number of carbonyl (C=O) groups excluding carboxylic acids is 16. The van der Waals surface area contributed by atoms with Crippen molar-refractivity contribution in [1.29, 1.82) is 5.41 Å². The number of nitrogens with one attached hydrogen (secondary N) is 16. The number of carboxylic acids is 5. The lowest BCUT2D eigenvalue weighted by Crippen LogP contribution is -2.61. The second-order valence-electron chi connectivity index (χ2n) is 29.3. The highest BCUT2D eigenvalue weighted by atomic mass is 32.2. The third kappa shape index (κ3) is 47.9. The monoisotopic (exact) mass is 1770 g/mol. The fraction of sp³-hybridized carbons (Fsp3) is 0.699. The number of amides is 16. The number of thioether (sulfide) groups is 1. The van der Waals surface area contributed by atoms with Crippen LogP contribution >= 0.6 is 11.8 Å². The molecule has 696 valence electrons. The predicted octanol–water partition coefficient (Wildman–Crippen LogP) is -8.71. The number of guanidine groups is 1. The molecule has 0 spiro atoms. The SMILES string of the molecule is CSCC[C@H](NC(=O)[C@H](CCC(=O)O)NC(=O)[C@H](CCC(=O)O)NC(=O)[C@@H](NC(=O)[C@H](C)NC(=O)[C@H](CCCCN)NC(=O)[C@@H](N)CCC(N)=O)C(C)C)C(=O)N[C@@H](CCCCN)C(=O)N[C@@H](CCCNC(=N)N)C(=O)N[C@@H](C)C(=O)N[C@@H](CCCCN)C(=O)N[C@@H](CCC(=O)O)C(=O)N[C@@H](CCC(=O)O)C(=O)N[C@@H](C)C(=O)N[C@@H](CCC(N)=O)C(=O)O. The van der Waals surface area contributed by atoms with Gasteiger partial charge in [0.25, 0.3) is 0 Å². The minimum absolute atomic E-state index is 0.0168. The van der Waals surface area contributed by atoms with Gasteiger partial charge in [-0.15, -0.1) is 0 Å². The first kappa shape index (κ1) is 111. The van der Waals surface area contributed by atoms with Crippen LogP contribution in [0, 0.1) is 11.3 Å². The Bertz CT molecular complexity index is 3600. The van der Waals surface area contributed by atoms with Gasteiger partial charge in [0, 0.05) is 45.1 Å². The number of hydrogen-bond acceptors (Lipinski definition) is 27. The van der Waals surface area contributed by atoms with E-state index < -0.39 is 291 Å². The molecule has 0 aromatic rings. The van der Waals surface area contributed by atoms with Crippen LogP contribution in [0.3, 0.4) is 0 Å². The van der Waals surface area contributed by atoms with E-state index in [4.69, 9.17) is 45.5 Å². The summed E-state index contributed by atoms with van der Waals surface area (Å²) in [5.41, 5.74) is 38.9. The summed E-state index contributed by atoms with van der Waals surface area (Å²) in [6.07, 6.45) is -4.75. The number of aliphatic carboxylic acids is 5. The second kappa shape index (κ2) is 60.8. The molecule has 0 radical (unpaired) electrons. The van der Waals surface area contributed by atoms with Crippen molar-refractivity contribution in [3.8, 4) is 0 Å². The van der Waals surface area contributed by atoms with Crippen molar-refractivity contribution in [2.45, 2.75) is 279 Å². The molecule has 0 fully saturated rings. The van der Waals surface area contributed by atoms with E-state index in [1.54, 1.807) is 6.26 Å². The summed E-state index contributed by atoms with van der Waals surface area (Å²) < 4.78 is 0. The highest BCUT2D eigenvalue weighted by Crippen LogP contribution is 2.15. The molecule has 50 heteroatoms. The van der Waals surface area contributed by atoms with Crippen LogP contribution in [0.5, 0.6) is 0 Å². The van der Waals surface area contributed by atoms with Gasteiger partial charge in [0.05, 0.1) is 6.04 Å². The molecule has 35 N–H and O–H groups in total. The second-order valence-corrected chi connectivity index (χ2v) is 30.3. The molecule has 0 saturated carbocycles. The molecule has 0 aromatic carbocycles. The molecular weight excluding hydrogens is 1650 g/mol. The van der Waals surface area contributed by atoms with E-state index in [2.05, 4.69) is 79.8 Å². The summed E-state index contributed by atoms with van der Waals surface area (Å²) in [4.78, 5) is 278. The van der Waals surface area contributed by atoms with Crippen molar-refractivity contribution in [1.82, 2.24) is 79.8 Å². The first-order chi connectivity index (χ1) is 57.7. The van der Waals surface area contributed by atoms with Crippen LogP contribution in [0.4, 0.5) is 0 Å². The molecule has 0 unspecified atom stereocenters. The summed E-state index contributed by atoms with van der Waals surface area (Å²) in [5, 5.41) is 92.0. The lowest BCUT2D eigenvalue weighted by molar-refractivity contribution is -0.143. The topological polar surface area (TPSA) is 846 Å². The number of hydrogen-bond donors (Lipinski definition) is 28. The van der Waals surface area contributed by atoms with Gasteiger partial charge in [-0.3, -0.25) is 101 Å². The average Bonchev–Trinajstić information content (AvgIpc) is 1.09. The van der Waals surface area contributed by atoms with Crippen LogP contribution in [-0.4, -0.2) is 285 Å². The minimum Gasteiger partial charge on any atom is -0.481 e. The van der Waals surface area contributed by atoms with Crippen molar-refractivity contribution in [3.05, 3.63) is 0 Å². The Hall–Kier alpha value is -11.7. The molecule has 0 saturated heterocycles. The third-order valence-corrected chi connectivity index (χ3v) is 19.2. The minimum atomic E-state index is -1.86. The smallest absolute Gasteiger partial charge is 0.326 e. The number of carbonyl (C=O) groups is 21. The molecule has 123 heavy (non-hydrogen) atoms. The van der Waals surface area contributed by atoms with Gasteiger partial charge in [0.1, 0.15) is 84.6 Å². The number of primary amides is 2. The zero-order valence-electron chi connectivity index (χ0n) is 70.0. The molecule has 16 amide bonds. The highest BCUT2D eigenvalue weighted by Gasteiger charge is 2.39. The van der Waals surface area contributed by atoms with Crippen LogP contribution in [0.2, 0.25) is 0 Å². The third-order valence-electron chi connectivity index (χ3n) is 18.6. The summed E-state index contributed by atoms with van der Waals surface area (Å²) in [6, 6.07) is -23.9. The van der Waals surface area contributed by atoms with Crippen molar-refractivity contribution in [3.63, 3.8) is 0 Å². The Labute approximate surface area is 714 Å². The van der Waals surface area contributed by atoms with E-state index in [0.29, 0.717) is 12.8 Å². The van der Waals surface area contributed by atoms with Crippen LogP contribution in [0.25, 0.3) is 0 Å². The van der Waals surface area contributed by atoms with Crippen molar-refractivity contribution < 1.29 is 126 Å². The summed E-state index contributed by atoms with van der Waals surface area (Å²) in [6.45, 7) is 6.84. The summed E-state index contributed by atoms with van der Waals surface area (Å²) in [5.74, 6) is -25.1. The maximum Gasteiger partial charge on any atom is 0.326 e. The van der Waals surface area contributed by atoms with Gasteiger partial charge in [-0.2, -0.15) is 11.8 Å². The zero-order chi connectivity index (χ0) is 93.8. The quantitative estimate of drug-likeness (QED) is 0.0153. The van der Waals surface area contributed by atoms with E-state index in [9.17, 15) is 126 Å². The Kier molecular flexibility index (Phi) is 55.0. The largest absolute Gasteiger partial charge is 0.481 e. The lowest BCUT2D eigenvalue weighted by Gasteiger charge is -2.29. The Balaban J connectivity index is 7.24. The van der Waals surface area contributed by atoms with Gasteiger partial charge in [0.15, 0.2) is 5.96 Å².